The number of ether oxygens (including phenoxy) is 1. The Morgan fingerprint density at radius 2 is 2.22 bits per heavy atom. The second kappa shape index (κ2) is 8.56. The van der Waals surface area contributed by atoms with Gasteiger partial charge in [0, 0.05) is 30.2 Å². The van der Waals surface area contributed by atoms with Crippen LogP contribution in [0, 0.1) is 17.0 Å². The van der Waals surface area contributed by atoms with Crippen molar-refractivity contribution in [2.24, 2.45) is 10.1 Å². The number of furan rings is 1. The van der Waals surface area contributed by atoms with Gasteiger partial charge in [0.15, 0.2) is 0 Å². The number of rotatable bonds is 7. The van der Waals surface area contributed by atoms with Crippen LogP contribution in [0.4, 0.5) is 5.69 Å². The fourth-order valence-electron chi connectivity index (χ4n) is 2.37. The van der Waals surface area contributed by atoms with Crippen molar-refractivity contribution in [3.8, 4) is 11.3 Å². The van der Waals surface area contributed by atoms with Crippen molar-refractivity contribution in [3.63, 3.8) is 0 Å². The molecule has 0 saturated carbocycles. The van der Waals surface area contributed by atoms with E-state index in [-0.39, 0.29) is 5.69 Å². The lowest BCUT2D eigenvalue weighted by Crippen LogP contribution is -2.13. The molecule has 0 atom stereocenters. The second-order valence-corrected chi connectivity index (χ2v) is 6.43. The smallest absolute Gasteiger partial charge is 0.270 e. The van der Waals surface area contributed by atoms with Crippen molar-refractivity contribution in [3.05, 3.63) is 68.2 Å². The Kier molecular flexibility index (Phi) is 5.94. The van der Waals surface area contributed by atoms with E-state index < -0.39 is 4.92 Å². The number of nitro benzene ring substituents is 1. The van der Waals surface area contributed by atoms with E-state index in [2.05, 4.69) is 10.1 Å². The van der Waals surface area contributed by atoms with Gasteiger partial charge < -0.3 is 9.15 Å². The summed E-state index contributed by atoms with van der Waals surface area (Å²) in [6.45, 7) is 2.83. The third-order valence-corrected chi connectivity index (χ3v) is 4.50. The van der Waals surface area contributed by atoms with E-state index in [0.29, 0.717) is 35.0 Å². The zero-order valence-electron chi connectivity index (χ0n) is 14.9. The highest BCUT2D eigenvalue weighted by atomic mass is 32.1. The molecule has 2 heterocycles. The molecule has 0 aliphatic carbocycles. The van der Waals surface area contributed by atoms with Gasteiger partial charge in [-0.1, -0.05) is 12.1 Å². The van der Waals surface area contributed by atoms with E-state index >= 15 is 0 Å². The van der Waals surface area contributed by atoms with Crippen molar-refractivity contribution < 1.29 is 14.1 Å². The highest BCUT2D eigenvalue weighted by molar-refractivity contribution is 7.07. The standard InChI is InChI=1S/C18H18N4O4S/c1-13-6-7-16(26-13)11-20-21-17(12-27-18(21)19-8-9-25-2)14-4-3-5-15(10-14)22(23)24/h3-7,10-12H,8-9H2,1-2H3/b19-18?,20-11-. The predicted molar refractivity (Wildman–Crippen MR) is 103 cm³/mol. The number of nitro groups is 1. The Balaban J connectivity index is 2.05. The van der Waals surface area contributed by atoms with Gasteiger partial charge in [0.05, 0.1) is 30.0 Å². The van der Waals surface area contributed by atoms with Crippen LogP contribution in [-0.2, 0) is 4.74 Å². The van der Waals surface area contributed by atoms with Crippen LogP contribution in [0.5, 0.6) is 0 Å². The van der Waals surface area contributed by atoms with E-state index in [9.17, 15) is 10.1 Å². The molecular formula is C18H18N4O4S. The largest absolute Gasteiger partial charge is 0.460 e. The van der Waals surface area contributed by atoms with Crippen LogP contribution in [0.15, 0.2) is 56.3 Å². The predicted octanol–water partition coefficient (Wildman–Crippen LogP) is 3.46. The third-order valence-electron chi connectivity index (χ3n) is 3.64. The van der Waals surface area contributed by atoms with E-state index in [1.54, 1.807) is 30.1 Å². The van der Waals surface area contributed by atoms with Crippen molar-refractivity contribution in [1.82, 2.24) is 4.68 Å². The molecule has 8 nitrogen and oxygen atoms in total. The van der Waals surface area contributed by atoms with Crippen LogP contribution >= 0.6 is 11.3 Å². The number of thiazole rings is 1. The van der Waals surface area contributed by atoms with Crippen LogP contribution in [0.3, 0.4) is 0 Å². The van der Waals surface area contributed by atoms with E-state index in [0.717, 1.165) is 5.76 Å². The lowest BCUT2D eigenvalue weighted by Gasteiger charge is -2.03. The number of hydrogen-bond donors (Lipinski definition) is 0. The van der Waals surface area contributed by atoms with Gasteiger partial charge in [0.2, 0.25) is 4.80 Å². The first-order chi connectivity index (χ1) is 13.1. The molecule has 0 aliphatic heterocycles. The van der Waals surface area contributed by atoms with Crippen LogP contribution in [-0.4, -0.2) is 36.1 Å². The zero-order valence-corrected chi connectivity index (χ0v) is 15.7. The molecule has 0 aliphatic rings. The van der Waals surface area contributed by atoms with E-state index in [1.807, 2.05) is 24.4 Å². The van der Waals surface area contributed by atoms with Gasteiger partial charge in [0.25, 0.3) is 5.69 Å². The highest BCUT2D eigenvalue weighted by Crippen LogP contribution is 2.24. The summed E-state index contributed by atoms with van der Waals surface area (Å²) in [6, 6.07) is 10.1. The summed E-state index contributed by atoms with van der Waals surface area (Å²) in [4.78, 5) is 15.8. The van der Waals surface area contributed by atoms with Crippen LogP contribution in [0.2, 0.25) is 0 Å². The van der Waals surface area contributed by atoms with Gasteiger partial charge in [-0.2, -0.15) is 5.10 Å². The van der Waals surface area contributed by atoms with Gasteiger partial charge in [0.1, 0.15) is 11.5 Å². The minimum absolute atomic E-state index is 0.0220. The molecular weight excluding hydrogens is 368 g/mol. The first-order valence-corrected chi connectivity index (χ1v) is 9.02. The zero-order chi connectivity index (χ0) is 19.2. The first-order valence-electron chi connectivity index (χ1n) is 8.14. The normalized spacial score (nSPS) is 12.1. The van der Waals surface area contributed by atoms with Crippen molar-refractivity contribution in [1.29, 1.82) is 0 Å². The van der Waals surface area contributed by atoms with Gasteiger partial charge in [-0.05, 0) is 19.1 Å². The highest BCUT2D eigenvalue weighted by Gasteiger charge is 2.12. The Bertz CT molecular complexity index is 1030. The summed E-state index contributed by atoms with van der Waals surface area (Å²) in [5.74, 6) is 1.40. The molecule has 1 aromatic carbocycles. The summed E-state index contributed by atoms with van der Waals surface area (Å²) in [6.07, 6.45) is 1.59. The Morgan fingerprint density at radius 1 is 1.37 bits per heavy atom. The third kappa shape index (κ3) is 4.57. The molecule has 3 aromatic rings. The summed E-state index contributed by atoms with van der Waals surface area (Å²) >= 11 is 1.40. The average Bonchev–Trinajstić information content (AvgIpc) is 3.26. The number of benzene rings is 1. The molecule has 3 rings (SSSR count). The fraction of sp³-hybridized carbons (Fsp3) is 0.222. The lowest BCUT2D eigenvalue weighted by molar-refractivity contribution is -0.384. The lowest BCUT2D eigenvalue weighted by atomic mass is 10.1. The van der Waals surface area contributed by atoms with Crippen molar-refractivity contribution in [2.75, 3.05) is 20.3 Å². The number of nitrogens with zero attached hydrogens (tertiary/aromatic N) is 4. The quantitative estimate of drug-likeness (QED) is 0.269. The molecule has 0 saturated heterocycles. The maximum Gasteiger partial charge on any atom is 0.270 e. The van der Waals surface area contributed by atoms with Gasteiger partial charge in [-0.15, -0.1) is 11.3 Å². The van der Waals surface area contributed by atoms with Gasteiger partial charge in [-0.3, -0.25) is 15.1 Å². The minimum atomic E-state index is -0.418. The molecule has 0 unspecified atom stereocenters. The second-order valence-electron chi connectivity index (χ2n) is 5.59. The summed E-state index contributed by atoms with van der Waals surface area (Å²) < 4.78 is 12.2. The minimum Gasteiger partial charge on any atom is -0.460 e. The number of methoxy groups -OCH3 is 1. The maximum atomic E-state index is 11.1. The summed E-state index contributed by atoms with van der Waals surface area (Å²) in [7, 11) is 1.61. The molecule has 2 aromatic heterocycles. The molecule has 9 heteroatoms. The van der Waals surface area contributed by atoms with Crippen LogP contribution < -0.4 is 4.80 Å². The number of aryl methyl sites for hydroxylation is 1. The SMILES string of the molecule is COCCN=c1scc(-c2cccc([N+](=O)[O-])c2)n1/N=C\c1ccc(C)o1. The summed E-state index contributed by atoms with van der Waals surface area (Å²) in [5.41, 5.74) is 1.41. The molecule has 0 bridgehead atoms. The molecule has 27 heavy (non-hydrogen) atoms. The molecule has 0 fully saturated rings. The molecule has 0 N–H and O–H groups in total. The fourth-order valence-corrected chi connectivity index (χ4v) is 3.23. The first kappa shape index (κ1) is 18.7. The Morgan fingerprint density at radius 3 is 2.93 bits per heavy atom. The van der Waals surface area contributed by atoms with E-state index in [1.165, 1.54) is 23.5 Å². The number of hydrogen-bond acceptors (Lipinski definition) is 7. The number of non-ortho nitro benzene ring substituents is 1. The molecule has 0 radical (unpaired) electrons. The average molecular weight is 386 g/mol. The number of aromatic nitrogens is 1. The summed E-state index contributed by atoms with van der Waals surface area (Å²) in [5, 5.41) is 17.4. The van der Waals surface area contributed by atoms with Crippen molar-refractivity contribution >= 4 is 23.2 Å². The Hall–Kier alpha value is -3.04. The Labute approximate surface area is 159 Å². The van der Waals surface area contributed by atoms with Gasteiger partial charge >= 0.3 is 0 Å². The van der Waals surface area contributed by atoms with Crippen LogP contribution in [0.1, 0.15) is 11.5 Å². The van der Waals surface area contributed by atoms with Gasteiger partial charge in [-0.25, -0.2) is 4.68 Å². The molecule has 0 spiro atoms. The monoisotopic (exact) mass is 386 g/mol. The molecule has 0 amide bonds. The topological polar surface area (TPSA) is 95.2 Å². The van der Waals surface area contributed by atoms with E-state index in [4.69, 9.17) is 9.15 Å². The maximum absolute atomic E-state index is 11.1. The van der Waals surface area contributed by atoms with Crippen LogP contribution in [0.25, 0.3) is 11.3 Å². The van der Waals surface area contributed by atoms with Crippen molar-refractivity contribution in [2.45, 2.75) is 6.92 Å². The molecule has 140 valence electrons.